The molecule has 1 rings (SSSR count). The maximum atomic E-state index is 11.4. The summed E-state index contributed by atoms with van der Waals surface area (Å²) in [5.74, 6) is 0.0629. The maximum absolute atomic E-state index is 11.4. The van der Waals surface area contributed by atoms with Crippen molar-refractivity contribution in [2.75, 3.05) is 26.8 Å². The fraction of sp³-hybridized carbons (Fsp3) is 0.583. The standard InChI is InChI=1S/C12H20N2O2S/c1-10(11-4-3-9-17-11)13-6-5-12(15)14-7-8-16-2/h3-4,9-10,13H,5-8H2,1-2H3,(H,14,15). The molecule has 0 bridgehead atoms. The Morgan fingerprint density at radius 3 is 3.00 bits per heavy atom. The second-order valence-electron chi connectivity index (χ2n) is 3.78. The summed E-state index contributed by atoms with van der Waals surface area (Å²) in [6, 6.07) is 4.44. The topological polar surface area (TPSA) is 50.4 Å². The van der Waals surface area contributed by atoms with Crippen molar-refractivity contribution in [2.45, 2.75) is 19.4 Å². The van der Waals surface area contributed by atoms with Crippen LogP contribution in [0.2, 0.25) is 0 Å². The Balaban J connectivity index is 2.09. The molecular weight excluding hydrogens is 236 g/mol. The van der Waals surface area contributed by atoms with Gasteiger partial charge in [0.2, 0.25) is 5.91 Å². The van der Waals surface area contributed by atoms with E-state index in [0.29, 0.717) is 32.2 Å². The second-order valence-corrected chi connectivity index (χ2v) is 4.76. The first kappa shape index (κ1) is 14.2. The number of nitrogens with one attached hydrogen (secondary N) is 2. The lowest BCUT2D eigenvalue weighted by Crippen LogP contribution is -2.30. The van der Waals surface area contributed by atoms with E-state index in [1.54, 1.807) is 18.4 Å². The molecule has 1 aromatic rings. The third-order valence-electron chi connectivity index (χ3n) is 2.40. The molecule has 1 aromatic heterocycles. The van der Waals surface area contributed by atoms with Gasteiger partial charge in [0.15, 0.2) is 0 Å². The Morgan fingerprint density at radius 1 is 1.53 bits per heavy atom. The predicted molar refractivity (Wildman–Crippen MR) is 70.2 cm³/mol. The van der Waals surface area contributed by atoms with Gasteiger partial charge >= 0.3 is 0 Å². The van der Waals surface area contributed by atoms with Crippen LogP contribution in [0.25, 0.3) is 0 Å². The van der Waals surface area contributed by atoms with E-state index in [1.807, 2.05) is 6.07 Å². The van der Waals surface area contributed by atoms with Crippen molar-refractivity contribution in [1.82, 2.24) is 10.6 Å². The minimum absolute atomic E-state index is 0.0629. The molecule has 0 aromatic carbocycles. The van der Waals surface area contributed by atoms with Crippen molar-refractivity contribution in [1.29, 1.82) is 0 Å². The van der Waals surface area contributed by atoms with Gasteiger partial charge < -0.3 is 15.4 Å². The molecule has 0 aliphatic rings. The fourth-order valence-electron chi connectivity index (χ4n) is 1.42. The molecule has 0 aliphatic carbocycles. The summed E-state index contributed by atoms with van der Waals surface area (Å²) in [5, 5.41) is 8.18. The van der Waals surface area contributed by atoms with Crippen LogP contribution in [0.5, 0.6) is 0 Å². The normalized spacial score (nSPS) is 12.4. The number of carbonyl (C=O) groups excluding carboxylic acids is 1. The lowest BCUT2D eigenvalue weighted by Gasteiger charge is -2.11. The minimum atomic E-state index is 0.0629. The van der Waals surface area contributed by atoms with Crippen LogP contribution < -0.4 is 10.6 Å². The first-order chi connectivity index (χ1) is 8.24. The molecular formula is C12H20N2O2S. The van der Waals surface area contributed by atoms with Gasteiger partial charge in [-0.2, -0.15) is 0 Å². The molecule has 0 fully saturated rings. The van der Waals surface area contributed by atoms with Gasteiger partial charge in [-0.05, 0) is 18.4 Å². The highest BCUT2D eigenvalue weighted by molar-refractivity contribution is 7.10. The molecule has 1 atom stereocenters. The molecule has 1 amide bonds. The monoisotopic (exact) mass is 256 g/mol. The smallest absolute Gasteiger partial charge is 0.221 e. The van der Waals surface area contributed by atoms with Crippen molar-refractivity contribution in [3.05, 3.63) is 22.4 Å². The van der Waals surface area contributed by atoms with Crippen LogP contribution in [0.1, 0.15) is 24.3 Å². The molecule has 2 N–H and O–H groups in total. The van der Waals surface area contributed by atoms with Gasteiger partial charge in [-0.3, -0.25) is 4.79 Å². The molecule has 0 spiro atoms. The molecule has 0 saturated carbocycles. The summed E-state index contributed by atoms with van der Waals surface area (Å²) in [7, 11) is 1.62. The molecule has 17 heavy (non-hydrogen) atoms. The van der Waals surface area contributed by atoms with Crippen LogP contribution in [-0.4, -0.2) is 32.7 Å². The van der Waals surface area contributed by atoms with E-state index in [0.717, 1.165) is 0 Å². The number of methoxy groups -OCH3 is 1. The number of ether oxygens (including phenoxy) is 1. The molecule has 0 radical (unpaired) electrons. The zero-order valence-corrected chi connectivity index (χ0v) is 11.2. The van der Waals surface area contributed by atoms with Gasteiger partial charge in [0, 0.05) is 37.5 Å². The lowest BCUT2D eigenvalue weighted by molar-refractivity contribution is -0.121. The molecule has 1 heterocycles. The summed E-state index contributed by atoms with van der Waals surface area (Å²) in [6.45, 7) is 3.94. The Bertz CT molecular complexity index is 314. The highest BCUT2D eigenvalue weighted by atomic mass is 32.1. The van der Waals surface area contributed by atoms with Crippen molar-refractivity contribution >= 4 is 17.2 Å². The molecule has 96 valence electrons. The van der Waals surface area contributed by atoms with Crippen molar-refractivity contribution < 1.29 is 9.53 Å². The lowest BCUT2D eigenvalue weighted by atomic mass is 10.2. The van der Waals surface area contributed by atoms with Gasteiger partial charge in [-0.25, -0.2) is 0 Å². The number of amides is 1. The largest absolute Gasteiger partial charge is 0.383 e. The average Bonchev–Trinajstić information content (AvgIpc) is 2.82. The first-order valence-corrected chi connectivity index (χ1v) is 6.64. The number of hydrogen-bond acceptors (Lipinski definition) is 4. The summed E-state index contributed by atoms with van der Waals surface area (Å²) < 4.78 is 4.85. The van der Waals surface area contributed by atoms with Gasteiger partial charge in [0.25, 0.3) is 0 Å². The fourth-order valence-corrected chi connectivity index (χ4v) is 2.18. The van der Waals surface area contributed by atoms with Gasteiger partial charge in [0.1, 0.15) is 0 Å². The van der Waals surface area contributed by atoms with E-state index in [9.17, 15) is 4.79 Å². The SMILES string of the molecule is COCCNC(=O)CCNC(C)c1cccs1. The van der Waals surface area contributed by atoms with Crippen molar-refractivity contribution in [3.63, 3.8) is 0 Å². The van der Waals surface area contributed by atoms with Gasteiger partial charge in [0.05, 0.1) is 6.61 Å². The number of thiophene rings is 1. The van der Waals surface area contributed by atoms with Gasteiger partial charge in [-0.1, -0.05) is 6.07 Å². The van der Waals surface area contributed by atoms with E-state index in [1.165, 1.54) is 4.88 Å². The quantitative estimate of drug-likeness (QED) is 0.694. The summed E-state index contributed by atoms with van der Waals surface area (Å²) >= 11 is 1.73. The second kappa shape index (κ2) is 8.22. The molecule has 4 nitrogen and oxygen atoms in total. The summed E-state index contributed by atoms with van der Waals surface area (Å²) in [6.07, 6.45) is 0.499. The minimum Gasteiger partial charge on any atom is -0.383 e. The van der Waals surface area contributed by atoms with Gasteiger partial charge in [-0.15, -0.1) is 11.3 Å². The zero-order chi connectivity index (χ0) is 12.5. The Kier molecular flexibility index (Phi) is 6.84. The molecule has 0 aliphatic heterocycles. The third-order valence-corrected chi connectivity index (χ3v) is 3.46. The van der Waals surface area contributed by atoms with Crippen LogP contribution in [0, 0.1) is 0 Å². The maximum Gasteiger partial charge on any atom is 0.221 e. The van der Waals surface area contributed by atoms with Crippen molar-refractivity contribution in [3.8, 4) is 0 Å². The van der Waals surface area contributed by atoms with E-state index in [4.69, 9.17) is 4.74 Å². The summed E-state index contributed by atoms with van der Waals surface area (Å²) in [5.41, 5.74) is 0. The van der Waals surface area contributed by atoms with Crippen LogP contribution in [0.4, 0.5) is 0 Å². The Morgan fingerprint density at radius 2 is 2.35 bits per heavy atom. The van der Waals surface area contributed by atoms with E-state index < -0.39 is 0 Å². The van der Waals surface area contributed by atoms with E-state index in [2.05, 4.69) is 29.0 Å². The molecule has 5 heteroatoms. The highest BCUT2D eigenvalue weighted by Gasteiger charge is 2.06. The average molecular weight is 256 g/mol. The number of hydrogen-bond donors (Lipinski definition) is 2. The van der Waals surface area contributed by atoms with E-state index >= 15 is 0 Å². The molecule has 0 saturated heterocycles. The van der Waals surface area contributed by atoms with Crippen LogP contribution in [0.3, 0.4) is 0 Å². The highest BCUT2D eigenvalue weighted by Crippen LogP contribution is 2.17. The number of rotatable bonds is 8. The number of carbonyl (C=O) groups is 1. The third kappa shape index (κ3) is 5.81. The Labute approximate surface area is 106 Å². The first-order valence-electron chi connectivity index (χ1n) is 5.76. The van der Waals surface area contributed by atoms with Crippen LogP contribution in [0.15, 0.2) is 17.5 Å². The van der Waals surface area contributed by atoms with Crippen LogP contribution in [-0.2, 0) is 9.53 Å². The van der Waals surface area contributed by atoms with Crippen molar-refractivity contribution in [2.24, 2.45) is 0 Å². The Hall–Kier alpha value is -0.910. The summed E-state index contributed by atoms with van der Waals surface area (Å²) in [4.78, 5) is 12.7. The molecule has 1 unspecified atom stereocenters. The van der Waals surface area contributed by atoms with E-state index in [-0.39, 0.29) is 5.91 Å². The predicted octanol–water partition coefficient (Wildman–Crippen LogP) is 1.55. The zero-order valence-electron chi connectivity index (χ0n) is 10.4. The van der Waals surface area contributed by atoms with Crippen LogP contribution >= 0.6 is 11.3 Å².